The smallest absolute Gasteiger partial charge is 0.00948 e. The lowest BCUT2D eigenvalue weighted by molar-refractivity contribution is 0.948. The summed E-state index contributed by atoms with van der Waals surface area (Å²) in [4.78, 5) is 0. The van der Waals surface area contributed by atoms with Crippen LogP contribution in [0.1, 0.15) is 55.5 Å². The van der Waals surface area contributed by atoms with E-state index in [1.807, 2.05) is 0 Å². The summed E-state index contributed by atoms with van der Waals surface area (Å²) < 4.78 is 0. The van der Waals surface area contributed by atoms with Gasteiger partial charge in [0.25, 0.3) is 0 Å². The first kappa shape index (κ1) is 19.2. The van der Waals surface area contributed by atoms with Crippen LogP contribution in [-0.2, 0) is 25.7 Å². The van der Waals surface area contributed by atoms with Crippen molar-refractivity contribution in [1.82, 2.24) is 0 Å². The Balaban J connectivity index is 0.00000264. The zero-order valence-electron chi connectivity index (χ0n) is 14.2. The molecular weight excluding hydrogens is 276 g/mol. The van der Waals surface area contributed by atoms with Crippen LogP contribution in [0.3, 0.4) is 0 Å². The quantitative estimate of drug-likeness (QED) is 0.513. The first-order valence-electron chi connectivity index (χ1n) is 8.54. The maximum atomic E-state index is 2.38. The molecule has 0 aliphatic carbocycles. The SMILES string of the molecule is C.CCc1ccc(CCC=CCc2ccccc2C)c(CC)c1. The molecule has 2 aromatic carbocycles. The van der Waals surface area contributed by atoms with Crippen LogP contribution in [0.25, 0.3) is 0 Å². The van der Waals surface area contributed by atoms with Gasteiger partial charge in [-0.05, 0) is 66.8 Å². The third kappa shape index (κ3) is 5.71. The lowest BCUT2D eigenvalue weighted by Crippen LogP contribution is -1.94. The summed E-state index contributed by atoms with van der Waals surface area (Å²) in [5.74, 6) is 0. The average Bonchev–Trinajstić information content (AvgIpc) is 2.56. The predicted octanol–water partition coefficient (Wildman–Crippen LogP) is 6.49. The minimum absolute atomic E-state index is 0. The summed E-state index contributed by atoms with van der Waals surface area (Å²) in [6.07, 6.45) is 10.2. The molecule has 124 valence electrons. The van der Waals surface area contributed by atoms with Crippen LogP contribution >= 0.6 is 0 Å². The molecule has 0 fully saturated rings. The van der Waals surface area contributed by atoms with Crippen molar-refractivity contribution in [3.05, 3.63) is 82.4 Å². The molecule has 0 saturated carbocycles. The molecule has 23 heavy (non-hydrogen) atoms. The Morgan fingerprint density at radius 2 is 1.61 bits per heavy atom. The third-order valence-electron chi connectivity index (χ3n) is 4.41. The van der Waals surface area contributed by atoms with Crippen molar-refractivity contribution < 1.29 is 0 Å². The maximum absolute atomic E-state index is 2.38. The monoisotopic (exact) mass is 308 g/mol. The van der Waals surface area contributed by atoms with Crippen LogP contribution in [0.4, 0.5) is 0 Å². The molecule has 0 aromatic heterocycles. The second kappa shape index (κ2) is 10.0. The lowest BCUT2D eigenvalue weighted by Gasteiger charge is -2.09. The van der Waals surface area contributed by atoms with E-state index in [-0.39, 0.29) is 7.43 Å². The van der Waals surface area contributed by atoms with E-state index in [0.29, 0.717) is 0 Å². The van der Waals surface area contributed by atoms with E-state index in [1.54, 1.807) is 0 Å². The molecule has 0 bridgehead atoms. The van der Waals surface area contributed by atoms with Gasteiger partial charge >= 0.3 is 0 Å². The summed E-state index contributed by atoms with van der Waals surface area (Å²) in [6.45, 7) is 6.67. The molecule has 0 aliphatic rings. The van der Waals surface area contributed by atoms with Gasteiger partial charge in [-0.1, -0.05) is 75.9 Å². The van der Waals surface area contributed by atoms with Crippen LogP contribution in [0.5, 0.6) is 0 Å². The fraction of sp³-hybridized carbons (Fsp3) is 0.391. The fourth-order valence-corrected chi connectivity index (χ4v) is 2.88. The summed E-state index contributed by atoms with van der Waals surface area (Å²) in [6, 6.07) is 15.6. The molecular formula is C23H32. The normalized spacial score (nSPS) is 10.7. The molecule has 0 atom stereocenters. The van der Waals surface area contributed by atoms with Crippen molar-refractivity contribution in [2.45, 2.75) is 60.3 Å². The van der Waals surface area contributed by atoms with Crippen molar-refractivity contribution in [1.29, 1.82) is 0 Å². The molecule has 0 N–H and O–H groups in total. The molecule has 0 nitrogen and oxygen atoms in total. The van der Waals surface area contributed by atoms with Gasteiger partial charge in [-0.25, -0.2) is 0 Å². The molecule has 0 spiro atoms. The molecule has 0 amide bonds. The van der Waals surface area contributed by atoms with Gasteiger partial charge in [-0.15, -0.1) is 0 Å². The molecule has 0 aliphatic heterocycles. The fourth-order valence-electron chi connectivity index (χ4n) is 2.88. The van der Waals surface area contributed by atoms with Gasteiger partial charge in [-0.3, -0.25) is 0 Å². The van der Waals surface area contributed by atoms with Crippen LogP contribution in [0.15, 0.2) is 54.6 Å². The van der Waals surface area contributed by atoms with E-state index in [0.717, 1.165) is 32.1 Å². The van der Waals surface area contributed by atoms with Gasteiger partial charge in [0.05, 0.1) is 0 Å². The van der Waals surface area contributed by atoms with Gasteiger partial charge in [0, 0.05) is 0 Å². The number of rotatable bonds is 7. The van der Waals surface area contributed by atoms with Gasteiger partial charge in [-0.2, -0.15) is 0 Å². The van der Waals surface area contributed by atoms with Crippen molar-refractivity contribution in [2.24, 2.45) is 0 Å². The van der Waals surface area contributed by atoms with Crippen molar-refractivity contribution >= 4 is 0 Å². The van der Waals surface area contributed by atoms with Gasteiger partial charge in [0.2, 0.25) is 0 Å². The van der Waals surface area contributed by atoms with Crippen molar-refractivity contribution in [3.8, 4) is 0 Å². The maximum Gasteiger partial charge on any atom is -0.00948 e. The highest BCUT2D eigenvalue weighted by molar-refractivity contribution is 5.32. The second-order valence-electron chi connectivity index (χ2n) is 5.95. The Labute approximate surface area is 143 Å². The van der Waals surface area contributed by atoms with E-state index in [9.17, 15) is 0 Å². The Hall–Kier alpha value is -1.82. The molecule has 2 rings (SSSR count). The molecule has 0 unspecified atom stereocenters. The highest BCUT2D eigenvalue weighted by Crippen LogP contribution is 2.16. The number of benzene rings is 2. The van der Waals surface area contributed by atoms with Crippen LogP contribution in [-0.4, -0.2) is 0 Å². The third-order valence-corrected chi connectivity index (χ3v) is 4.41. The first-order chi connectivity index (χ1) is 10.7. The zero-order valence-corrected chi connectivity index (χ0v) is 14.2. The molecule has 0 saturated heterocycles. The minimum atomic E-state index is 0. The molecule has 0 radical (unpaired) electrons. The van der Waals surface area contributed by atoms with Crippen LogP contribution in [0, 0.1) is 6.92 Å². The predicted molar refractivity (Wildman–Crippen MR) is 104 cm³/mol. The molecule has 0 heteroatoms. The van der Waals surface area contributed by atoms with E-state index in [1.165, 1.54) is 27.8 Å². The average molecular weight is 309 g/mol. The van der Waals surface area contributed by atoms with Crippen molar-refractivity contribution in [3.63, 3.8) is 0 Å². The Morgan fingerprint density at radius 1 is 0.826 bits per heavy atom. The Bertz CT molecular complexity index is 620. The highest BCUT2D eigenvalue weighted by atomic mass is 14.1. The Morgan fingerprint density at radius 3 is 2.30 bits per heavy atom. The number of allylic oxidation sites excluding steroid dienone is 2. The topological polar surface area (TPSA) is 0 Å². The van der Waals surface area contributed by atoms with E-state index < -0.39 is 0 Å². The zero-order chi connectivity index (χ0) is 15.8. The van der Waals surface area contributed by atoms with Gasteiger partial charge in [0.1, 0.15) is 0 Å². The van der Waals surface area contributed by atoms with E-state index in [4.69, 9.17) is 0 Å². The second-order valence-corrected chi connectivity index (χ2v) is 5.95. The first-order valence-corrected chi connectivity index (χ1v) is 8.54. The number of aryl methyl sites for hydroxylation is 4. The highest BCUT2D eigenvalue weighted by Gasteiger charge is 2.01. The summed E-state index contributed by atoms with van der Waals surface area (Å²) in [5, 5.41) is 0. The lowest BCUT2D eigenvalue weighted by atomic mass is 9.97. The largest absolute Gasteiger partial charge is 0.0879 e. The number of hydrogen-bond donors (Lipinski definition) is 0. The minimum Gasteiger partial charge on any atom is -0.0879 e. The summed E-state index contributed by atoms with van der Waals surface area (Å²) in [7, 11) is 0. The Kier molecular flexibility index (Phi) is 8.40. The molecule has 2 aromatic rings. The summed E-state index contributed by atoms with van der Waals surface area (Å²) >= 11 is 0. The number of hydrogen-bond acceptors (Lipinski definition) is 0. The van der Waals surface area contributed by atoms with Crippen LogP contribution < -0.4 is 0 Å². The standard InChI is InChI=1S/C22H28.CH4/c1-4-19-15-16-22(20(5-2)17-19)14-8-6-7-12-21-13-10-9-11-18(21)3;/h6-7,9-11,13,15-17H,4-5,8,12,14H2,1-3H3;1H4. The van der Waals surface area contributed by atoms with Crippen molar-refractivity contribution in [2.75, 3.05) is 0 Å². The summed E-state index contributed by atoms with van der Waals surface area (Å²) in [5.41, 5.74) is 7.30. The van der Waals surface area contributed by atoms with Crippen LogP contribution in [0.2, 0.25) is 0 Å². The van der Waals surface area contributed by atoms with Gasteiger partial charge in [0.15, 0.2) is 0 Å². The van der Waals surface area contributed by atoms with Gasteiger partial charge < -0.3 is 0 Å². The molecule has 0 heterocycles. The van der Waals surface area contributed by atoms with E-state index >= 15 is 0 Å². The van der Waals surface area contributed by atoms with E-state index in [2.05, 4.69) is 75.4 Å².